The van der Waals surface area contributed by atoms with Gasteiger partial charge in [-0.2, -0.15) is 0 Å². The van der Waals surface area contributed by atoms with Gasteiger partial charge in [0.2, 0.25) is 0 Å². The normalized spacial score (nSPS) is 27.2. The molecule has 1 aliphatic carbocycles. The lowest BCUT2D eigenvalue weighted by Gasteiger charge is -2.22. The Morgan fingerprint density at radius 3 is 2.67 bits per heavy atom. The molecule has 4 heteroatoms. The first kappa shape index (κ1) is 13.6. The summed E-state index contributed by atoms with van der Waals surface area (Å²) >= 11 is 11.1. The fraction of sp³-hybridized carbons (Fsp3) is 0.500. The molecule has 1 aromatic carbocycles. The van der Waals surface area contributed by atoms with Gasteiger partial charge in [-0.3, -0.25) is 0 Å². The zero-order chi connectivity index (χ0) is 13.3. The quantitative estimate of drug-likeness (QED) is 0.828. The summed E-state index contributed by atoms with van der Waals surface area (Å²) in [5, 5.41) is 4.24. The molecule has 1 fully saturated rings. The van der Waals surface area contributed by atoms with Gasteiger partial charge >= 0.3 is 0 Å². The molecule has 1 aromatic rings. The van der Waals surface area contributed by atoms with Crippen LogP contribution in [0.5, 0.6) is 0 Å². The number of nitrogens with one attached hydrogen (secondary N) is 1. The van der Waals surface area contributed by atoms with Crippen LogP contribution in [-0.2, 0) is 0 Å². The summed E-state index contributed by atoms with van der Waals surface area (Å²) in [6.45, 7) is 4.61. The number of hydrogen-bond donors (Lipinski definition) is 2. The highest BCUT2D eigenvalue weighted by Gasteiger charge is 2.29. The third kappa shape index (κ3) is 2.78. The minimum absolute atomic E-state index is 0.388. The van der Waals surface area contributed by atoms with Crippen LogP contribution in [0.3, 0.4) is 0 Å². The number of nitrogens with two attached hydrogens (primary N) is 1. The fourth-order valence-electron chi connectivity index (χ4n) is 2.61. The van der Waals surface area contributed by atoms with Crippen LogP contribution >= 0.6 is 23.8 Å². The summed E-state index contributed by atoms with van der Waals surface area (Å²) in [4.78, 5) is 0.388. The van der Waals surface area contributed by atoms with Gasteiger partial charge in [0, 0.05) is 22.3 Å². The molecule has 0 radical (unpaired) electrons. The molecule has 0 bridgehead atoms. The van der Waals surface area contributed by atoms with Crippen molar-refractivity contribution in [2.24, 2.45) is 17.6 Å². The molecule has 1 saturated carbocycles. The van der Waals surface area contributed by atoms with E-state index < -0.39 is 0 Å². The van der Waals surface area contributed by atoms with Gasteiger partial charge in [0.1, 0.15) is 4.99 Å². The molecule has 3 N–H and O–H groups in total. The zero-order valence-corrected chi connectivity index (χ0v) is 12.3. The second-order valence-corrected chi connectivity index (χ2v) is 6.10. The van der Waals surface area contributed by atoms with E-state index >= 15 is 0 Å². The van der Waals surface area contributed by atoms with Crippen molar-refractivity contribution in [3.8, 4) is 0 Å². The topological polar surface area (TPSA) is 38.0 Å². The second-order valence-electron chi connectivity index (χ2n) is 5.22. The van der Waals surface area contributed by atoms with E-state index in [4.69, 9.17) is 29.6 Å². The Morgan fingerprint density at radius 1 is 1.39 bits per heavy atom. The number of benzene rings is 1. The maximum Gasteiger partial charge on any atom is 0.106 e. The summed E-state index contributed by atoms with van der Waals surface area (Å²) in [6.07, 6.45) is 2.47. The van der Waals surface area contributed by atoms with Crippen LogP contribution in [0, 0.1) is 11.8 Å². The molecule has 0 aliphatic heterocycles. The van der Waals surface area contributed by atoms with Crippen molar-refractivity contribution in [3.63, 3.8) is 0 Å². The van der Waals surface area contributed by atoms with Gasteiger partial charge < -0.3 is 11.1 Å². The molecular weight excluding hydrogens is 264 g/mol. The highest BCUT2D eigenvalue weighted by Crippen LogP contribution is 2.34. The summed E-state index contributed by atoms with van der Waals surface area (Å²) < 4.78 is 0. The van der Waals surface area contributed by atoms with Crippen LogP contribution in [0.25, 0.3) is 0 Å². The zero-order valence-electron chi connectivity index (χ0n) is 10.7. The number of hydrogen-bond acceptors (Lipinski definition) is 2. The number of thiocarbonyl (C=S) groups is 1. The Morgan fingerprint density at radius 2 is 2.11 bits per heavy atom. The van der Waals surface area contributed by atoms with Crippen molar-refractivity contribution in [2.45, 2.75) is 32.7 Å². The van der Waals surface area contributed by atoms with Gasteiger partial charge in [0.15, 0.2) is 0 Å². The summed E-state index contributed by atoms with van der Waals surface area (Å²) in [7, 11) is 0. The molecule has 0 saturated heterocycles. The molecule has 2 nitrogen and oxygen atoms in total. The van der Waals surface area contributed by atoms with Crippen molar-refractivity contribution in [2.75, 3.05) is 5.32 Å². The van der Waals surface area contributed by atoms with Crippen LogP contribution in [0.2, 0.25) is 5.02 Å². The van der Waals surface area contributed by atoms with Gasteiger partial charge in [-0.25, -0.2) is 0 Å². The highest BCUT2D eigenvalue weighted by atomic mass is 35.5. The predicted molar refractivity (Wildman–Crippen MR) is 82.3 cm³/mol. The lowest BCUT2D eigenvalue weighted by atomic mass is 9.97. The van der Waals surface area contributed by atoms with E-state index in [2.05, 4.69) is 19.2 Å². The lowest BCUT2D eigenvalue weighted by Crippen LogP contribution is -2.25. The first-order valence-corrected chi connectivity index (χ1v) is 7.13. The Labute approximate surface area is 119 Å². The molecule has 2 rings (SSSR count). The molecular formula is C14H19ClN2S. The van der Waals surface area contributed by atoms with Crippen LogP contribution in [0.15, 0.2) is 18.2 Å². The van der Waals surface area contributed by atoms with E-state index in [0.29, 0.717) is 22.0 Å². The molecule has 0 heterocycles. The highest BCUT2D eigenvalue weighted by molar-refractivity contribution is 7.80. The molecule has 0 aromatic heterocycles. The number of anilines is 1. The third-order valence-electron chi connectivity index (χ3n) is 4.05. The predicted octanol–water partition coefficient (Wildman–Crippen LogP) is 3.82. The monoisotopic (exact) mass is 282 g/mol. The molecule has 18 heavy (non-hydrogen) atoms. The summed E-state index contributed by atoms with van der Waals surface area (Å²) in [6, 6.07) is 6.16. The second kappa shape index (κ2) is 5.45. The van der Waals surface area contributed by atoms with E-state index in [-0.39, 0.29) is 0 Å². The lowest BCUT2D eigenvalue weighted by molar-refractivity contribution is 0.435. The minimum atomic E-state index is 0.388. The van der Waals surface area contributed by atoms with E-state index in [0.717, 1.165) is 17.2 Å². The van der Waals surface area contributed by atoms with Gasteiger partial charge in [-0.05, 0) is 42.9 Å². The molecule has 3 unspecified atom stereocenters. The third-order valence-corrected chi connectivity index (χ3v) is 4.51. The maximum atomic E-state index is 5.99. The summed E-state index contributed by atoms with van der Waals surface area (Å²) in [5.41, 5.74) is 7.59. The van der Waals surface area contributed by atoms with Gasteiger partial charge in [0.25, 0.3) is 0 Å². The smallest absolute Gasteiger partial charge is 0.106 e. The fourth-order valence-corrected chi connectivity index (χ4v) is 2.96. The first-order chi connectivity index (χ1) is 8.49. The summed E-state index contributed by atoms with van der Waals surface area (Å²) in [5.74, 6) is 1.43. The molecule has 0 spiro atoms. The number of halogens is 1. The van der Waals surface area contributed by atoms with Crippen LogP contribution in [0.4, 0.5) is 5.69 Å². The first-order valence-electron chi connectivity index (χ1n) is 6.35. The minimum Gasteiger partial charge on any atom is -0.389 e. The van der Waals surface area contributed by atoms with Gasteiger partial charge in [-0.15, -0.1) is 0 Å². The standard InChI is InChI=1S/C14H19ClN2S/c1-8-3-5-12(9(8)2)17-13-6-4-10(15)7-11(13)14(16)18/h4,6-9,12,17H,3,5H2,1-2H3,(H2,16,18). The van der Waals surface area contributed by atoms with Crippen molar-refractivity contribution < 1.29 is 0 Å². The molecule has 3 atom stereocenters. The van der Waals surface area contributed by atoms with E-state index in [9.17, 15) is 0 Å². The van der Waals surface area contributed by atoms with Gasteiger partial charge in [0.05, 0.1) is 0 Å². The Kier molecular flexibility index (Phi) is 4.13. The maximum absolute atomic E-state index is 5.99. The molecule has 98 valence electrons. The van der Waals surface area contributed by atoms with Crippen LogP contribution in [-0.4, -0.2) is 11.0 Å². The molecule has 0 amide bonds. The molecule has 1 aliphatic rings. The van der Waals surface area contributed by atoms with Gasteiger partial charge in [-0.1, -0.05) is 37.7 Å². The van der Waals surface area contributed by atoms with E-state index in [1.54, 1.807) is 0 Å². The van der Waals surface area contributed by atoms with Crippen LogP contribution in [0.1, 0.15) is 32.3 Å². The Bertz CT molecular complexity index is 461. The van der Waals surface area contributed by atoms with Crippen molar-refractivity contribution >= 4 is 34.5 Å². The SMILES string of the molecule is CC1CCC(Nc2ccc(Cl)cc2C(N)=S)C1C. The Balaban J connectivity index is 2.21. The van der Waals surface area contributed by atoms with E-state index in [1.165, 1.54) is 12.8 Å². The van der Waals surface area contributed by atoms with E-state index in [1.807, 2.05) is 18.2 Å². The van der Waals surface area contributed by atoms with Crippen LogP contribution < -0.4 is 11.1 Å². The largest absolute Gasteiger partial charge is 0.389 e. The Hall–Kier alpha value is -0.800. The average Bonchev–Trinajstić information content (AvgIpc) is 2.63. The van der Waals surface area contributed by atoms with Crippen molar-refractivity contribution in [1.82, 2.24) is 0 Å². The van der Waals surface area contributed by atoms with Crippen molar-refractivity contribution in [3.05, 3.63) is 28.8 Å². The van der Waals surface area contributed by atoms with Crippen molar-refractivity contribution in [1.29, 1.82) is 0 Å². The number of rotatable bonds is 3. The average molecular weight is 283 g/mol.